The summed E-state index contributed by atoms with van der Waals surface area (Å²) < 4.78 is 18.9. The molecule has 32 heavy (non-hydrogen) atoms. The van der Waals surface area contributed by atoms with Gasteiger partial charge in [-0.15, -0.1) is 0 Å². The average molecular weight is 451 g/mol. The van der Waals surface area contributed by atoms with E-state index in [1.165, 1.54) is 12.1 Å². The van der Waals surface area contributed by atoms with Crippen LogP contribution in [0.25, 0.3) is 5.57 Å². The summed E-state index contributed by atoms with van der Waals surface area (Å²) in [6.07, 6.45) is 0. The van der Waals surface area contributed by atoms with Gasteiger partial charge in [-0.1, -0.05) is 54.1 Å². The number of hydrogen-bond acceptors (Lipinski definition) is 4. The fourth-order valence-corrected chi connectivity index (χ4v) is 3.86. The van der Waals surface area contributed by atoms with E-state index in [9.17, 15) is 14.0 Å². The van der Waals surface area contributed by atoms with E-state index in [2.05, 4.69) is 0 Å². The first-order valence-corrected chi connectivity index (χ1v) is 10.3. The predicted molar refractivity (Wildman–Crippen MR) is 122 cm³/mol. The molecular formula is C25H20ClFN2O3. The van der Waals surface area contributed by atoms with Gasteiger partial charge in [0.05, 0.1) is 23.4 Å². The van der Waals surface area contributed by atoms with Crippen molar-refractivity contribution in [2.75, 3.05) is 19.1 Å². The fourth-order valence-electron chi connectivity index (χ4n) is 3.69. The third-order valence-electron chi connectivity index (χ3n) is 5.24. The van der Waals surface area contributed by atoms with Gasteiger partial charge >= 0.3 is 0 Å². The van der Waals surface area contributed by atoms with Gasteiger partial charge in [0.25, 0.3) is 11.8 Å². The third kappa shape index (κ3) is 3.97. The van der Waals surface area contributed by atoms with Crippen molar-refractivity contribution in [3.63, 3.8) is 0 Å². The summed E-state index contributed by atoms with van der Waals surface area (Å²) in [5.41, 5.74) is 2.29. The molecule has 0 saturated heterocycles. The molecule has 0 radical (unpaired) electrons. The van der Waals surface area contributed by atoms with Crippen molar-refractivity contribution in [3.8, 4) is 5.75 Å². The Morgan fingerprint density at radius 1 is 0.969 bits per heavy atom. The molecular weight excluding hydrogens is 431 g/mol. The molecule has 0 atom stereocenters. The number of carbonyl (C=O) groups is 2. The number of halogens is 2. The molecule has 0 unspecified atom stereocenters. The molecule has 162 valence electrons. The number of amides is 2. The van der Waals surface area contributed by atoms with Gasteiger partial charge in [-0.25, -0.2) is 9.29 Å². The van der Waals surface area contributed by atoms with Crippen LogP contribution in [0.1, 0.15) is 11.1 Å². The maximum atomic E-state index is 13.7. The number of likely N-dealkylation sites (N-methyl/N-ethyl adjacent to an activating group) is 1. The lowest BCUT2D eigenvalue weighted by Crippen LogP contribution is -2.34. The maximum Gasteiger partial charge on any atom is 0.282 e. The van der Waals surface area contributed by atoms with E-state index in [4.69, 9.17) is 16.3 Å². The highest BCUT2D eigenvalue weighted by molar-refractivity contribution is 6.45. The number of nitrogens with zero attached hydrogens (tertiary/aromatic N) is 2. The Labute approximate surface area is 190 Å². The van der Waals surface area contributed by atoms with E-state index >= 15 is 0 Å². The summed E-state index contributed by atoms with van der Waals surface area (Å²) >= 11 is 5.92. The number of benzene rings is 3. The normalized spacial score (nSPS) is 13.7. The predicted octanol–water partition coefficient (Wildman–Crippen LogP) is 4.90. The largest absolute Gasteiger partial charge is 0.497 e. The van der Waals surface area contributed by atoms with Gasteiger partial charge < -0.3 is 9.64 Å². The summed E-state index contributed by atoms with van der Waals surface area (Å²) in [5, 5.41) is -0.166. The second-order valence-electron chi connectivity index (χ2n) is 7.34. The Kier molecular flexibility index (Phi) is 5.97. The maximum absolute atomic E-state index is 13.7. The van der Waals surface area contributed by atoms with E-state index in [1.807, 2.05) is 30.3 Å². The van der Waals surface area contributed by atoms with E-state index < -0.39 is 17.6 Å². The van der Waals surface area contributed by atoms with Gasteiger partial charge in [0.1, 0.15) is 17.3 Å². The van der Waals surface area contributed by atoms with Gasteiger partial charge in [-0.05, 0) is 41.5 Å². The second-order valence-corrected chi connectivity index (χ2v) is 7.75. The summed E-state index contributed by atoms with van der Waals surface area (Å²) in [6, 6.07) is 20.3. The van der Waals surface area contributed by atoms with E-state index in [0.29, 0.717) is 17.9 Å². The molecule has 0 spiro atoms. The minimum Gasteiger partial charge on any atom is -0.497 e. The molecule has 0 bridgehead atoms. The third-order valence-corrected chi connectivity index (χ3v) is 5.53. The Balaban J connectivity index is 1.80. The summed E-state index contributed by atoms with van der Waals surface area (Å²) in [6.45, 7) is 0.423. The highest BCUT2D eigenvalue weighted by Gasteiger charge is 2.42. The lowest BCUT2D eigenvalue weighted by atomic mass is 10.0. The van der Waals surface area contributed by atoms with E-state index in [-0.39, 0.29) is 22.0 Å². The highest BCUT2D eigenvalue weighted by Crippen LogP contribution is 2.36. The lowest BCUT2D eigenvalue weighted by Gasteiger charge is -2.21. The molecule has 3 aromatic carbocycles. The Hall–Kier alpha value is -3.64. The molecule has 0 aliphatic carbocycles. The van der Waals surface area contributed by atoms with Crippen LogP contribution < -0.4 is 9.64 Å². The smallest absolute Gasteiger partial charge is 0.282 e. The van der Waals surface area contributed by atoms with Crippen LogP contribution in [0.3, 0.4) is 0 Å². The molecule has 3 aromatic rings. The molecule has 0 N–H and O–H groups in total. The van der Waals surface area contributed by atoms with Crippen LogP contribution in [0.15, 0.2) is 78.5 Å². The van der Waals surface area contributed by atoms with Crippen LogP contribution >= 0.6 is 11.6 Å². The first-order chi connectivity index (χ1) is 15.4. The van der Waals surface area contributed by atoms with Gasteiger partial charge in [0, 0.05) is 13.6 Å². The first kappa shape index (κ1) is 21.6. The lowest BCUT2D eigenvalue weighted by molar-refractivity contribution is -0.120. The molecule has 1 aliphatic rings. The Morgan fingerprint density at radius 3 is 2.28 bits per heavy atom. The van der Waals surface area contributed by atoms with Crippen molar-refractivity contribution in [1.82, 2.24) is 4.90 Å². The topological polar surface area (TPSA) is 49.9 Å². The summed E-state index contributed by atoms with van der Waals surface area (Å²) in [5.74, 6) is -0.994. The highest BCUT2D eigenvalue weighted by atomic mass is 35.5. The van der Waals surface area contributed by atoms with Crippen molar-refractivity contribution < 1.29 is 18.7 Å². The molecule has 0 saturated carbocycles. The van der Waals surface area contributed by atoms with Crippen LogP contribution in [0.5, 0.6) is 5.75 Å². The monoisotopic (exact) mass is 450 g/mol. The van der Waals surface area contributed by atoms with Crippen molar-refractivity contribution in [3.05, 3.63) is 100 Å². The zero-order valence-electron chi connectivity index (χ0n) is 17.5. The molecule has 0 fully saturated rings. The van der Waals surface area contributed by atoms with Gasteiger partial charge in [0.2, 0.25) is 0 Å². The van der Waals surface area contributed by atoms with Crippen LogP contribution in [-0.2, 0) is 16.1 Å². The molecule has 2 amide bonds. The number of anilines is 1. The van der Waals surface area contributed by atoms with Crippen molar-refractivity contribution in [2.45, 2.75) is 6.54 Å². The summed E-state index contributed by atoms with van der Waals surface area (Å²) in [4.78, 5) is 29.8. The quantitative estimate of drug-likeness (QED) is 0.501. The van der Waals surface area contributed by atoms with Crippen LogP contribution in [0, 0.1) is 5.82 Å². The van der Waals surface area contributed by atoms with Gasteiger partial charge in [0.15, 0.2) is 0 Å². The standard InChI is InChI=1S/C25H20ClFN2O3/c1-28(15-16-6-4-3-5-7-16)23-22(17-8-11-19(32-2)12-9-17)24(30)29(25(23)31)18-10-13-21(27)20(26)14-18/h3-14H,15H2,1-2H3. The second kappa shape index (κ2) is 8.85. The Bertz CT molecular complexity index is 1210. The van der Waals surface area contributed by atoms with Crippen LogP contribution in [-0.4, -0.2) is 30.9 Å². The SMILES string of the molecule is COc1ccc(C2=C(N(C)Cc3ccccc3)C(=O)N(c3ccc(F)c(Cl)c3)C2=O)cc1. The Morgan fingerprint density at radius 2 is 1.66 bits per heavy atom. The van der Waals surface area contributed by atoms with Crippen molar-refractivity contribution in [1.29, 1.82) is 0 Å². The summed E-state index contributed by atoms with van der Waals surface area (Å²) in [7, 11) is 3.32. The van der Waals surface area contributed by atoms with Crippen LogP contribution in [0.2, 0.25) is 5.02 Å². The minimum absolute atomic E-state index is 0.166. The van der Waals surface area contributed by atoms with E-state index in [1.54, 1.807) is 43.3 Å². The number of carbonyl (C=O) groups excluding carboxylic acids is 2. The molecule has 1 heterocycles. The fraction of sp³-hybridized carbons (Fsp3) is 0.120. The van der Waals surface area contributed by atoms with Gasteiger partial charge in [-0.3, -0.25) is 9.59 Å². The minimum atomic E-state index is -0.626. The van der Waals surface area contributed by atoms with Gasteiger partial charge in [-0.2, -0.15) is 0 Å². The number of ether oxygens (including phenoxy) is 1. The zero-order valence-corrected chi connectivity index (χ0v) is 18.3. The molecule has 5 nitrogen and oxygen atoms in total. The molecule has 0 aromatic heterocycles. The number of imide groups is 1. The van der Waals surface area contributed by atoms with Crippen molar-refractivity contribution >= 4 is 34.7 Å². The molecule has 1 aliphatic heterocycles. The zero-order chi connectivity index (χ0) is 22.8. The van der Waals surface area contributed by atoms with Crippen LogP contribution in [0.4, 0.5) is 10.1 Å². The molecule has 4 rings (SSSR count). The average Bonchev–Trinajstić information content (AvgIpc) is 3.06. The van der Waals surface area contributed by atoms with E-state index in [0.717, 1.165) is 16.5 Å². The van der Waals surface area contributed by atoms with Crippen molar-refractivity contribution in [2.24, 2.45) is 0 Å². The number of methoxy groups -OCH3 is 1. The number of rotatable bonds is 6. The number of hydrogen-bond donors (Lipinski definition) is 0. The molecule has 7 heteroatoms. The first-order valence-electron chi connectivity index (χ1n) is 9.88.